The first kappa shape index (κ1) is 21.8. The Hall–Kier alpha value is -3.39. The molecule has 2 aromatic carbocycles. The Morgan fingerprint density at radius 2 is 1.84 bits per heavy atom. The standard InChI is InChI=1S/C24H23FN4O2S/c1-14-4-5-17(10-15(14)2)12-26-21(30)13-32-24-28-20-11-16(3)27-22(20)23(31)29(24)19-8-6-18(25)7-9-19/h4-11,27H,12-13H2,1-3H3,(H,26,30). The van der Waals surface area contributed by atoms with Crippen molar-refractivity contribution in [2.45, 2.75) is 32.5 Å². The van der Waals surface area contributed by atoms with Gasteiger partial charge in [0, 0.05) is 12.2 Å². The summed E-state index contributed by atoms with van der Waals surface area (Å²) in [7, 11) is 0. The number of carbonyl (C=O) groups is 1. The quantitative estimate of drug-likeness (QED) is 0.341. The highest BCUT2D eigenvalue weighted by Gasteiger charge is 2.16. The van der Waals surface area contributed by atoms with Crippen LogP contribution in [0.1, 0.15) is 22.4 Å². The summed E-state index contributed by atoms with van der Waals surface area (Å²) in [5, 5.41) is 3.28. The summed E-state index contributed by atoms with van der Waals surface area (Å²) in [5.74, 6) is -0.474. The first-order valence-corrected chi connectivity index (χ1v) is 11.1. The summed E-state index contributed by atoms with van der Waals surface area (Å²) < 4.78 is 14.8. The molecule has 0 aliphatic heterocycles. The number of hydrogen-bond donors (Lipinski definition) is 2. The molecule has 32 heavy (non-hydrogen) atoms. The average Bonchev–Trinajstić information content (AvgIpc) is 3.14. The van der Waals surface area contributed by atoms with Crippen molar-refractivity contribution in [3.8, 4) is 5.69 Å². The van der Waals surface area contributed by atoms with Gasteiger partial charge in [-0.05, 0) is 67.8 Å². The second kappa shape index (κ2) is 9.00. The molecule has 0 aliphatic carbocycles. The van der Waals surface area contributed by atoms with Crippen LogP contribution in [0, 0.1) is 26.6 Å². The molecule has 4 aromatic rings. The minimum absolute atomic E-state index is 0.0907. The van der Waals surface area contributed by atoms with Crippen LogP contribution in [0.2, 0.25) is 0 Å². The lowest BCUT2D eigenvalue weighted by molar-refractivity contribution is -0.118. The number of amides is 1. The molecule has 0 bridgehead atoms. The molecule has 0 aliphatic rings. The van der Waals surface area contributed by atoms with E-state index in [9.17, 15) is 14.0 Å². The molecule has 2 aromatic heterocycles. The molecule has 1 amide bonds. The number of aryl methyl sites for hydroxylation is 3. The molecule has 0 spiro atoms. The second-order valence-electron chi connectivity index (χ2n) is 7.71. The third kappa shape index (κ3) is 4.60. The molecule has 0 atom stereocenters. The van der Waals surface area contributed by atoms with Crippen molar-refractivity contribution in [3.63, 3.8) is 0 Å². The molecule has 0 radical (unpaired) electrons. The summed E-state index contributed by atoms with van der Waals surface area (Å²) in [6.07, 6.45) is 0. The van der Waals surface area contributed by atoms with E-state index in [1.165, 1.54) is 51.7 Å². The number of nitrogens with one attached hydrogen (secondary N) is 2. The van der Waals surface area contributed by atoms with Crippen LogP contribution in [0.25, 0.3) is 16.7 Å². The zero-order valence-corrected chi connectivity index (χ0v) is 18.8. The number of rotatable bonds is 6. The van der Waals surface area contributed by atoms with Crippen molar-refractivity contribution in [3.05, 3.63) is 87.1 Å². The Balaban J connectivity index is 1.56. The Bertz CT molecular complexity index is 1360. The van der Waals surface area contributed by atoms with Crippen molar-refractivity contribution in [2.75, 3.05) is 5.75 Å². The van der Waals surface area contributed by atoms with Crippen LogP contribution in [-0.2, 0) is 11.3 Å². The minimum atomic E-state index is -0.397. The van der Waals surface area contributed by atoms with Gasteiger partial charge in [-0.2, -0.15) is 0 Å². The number of nitrogens with zero attached hydrogens (tertiary/aromatic N) is 2. The predicted molar refractivity (Wildman–Crippen MR) is 125 cm³/mol. The predicted octanol–water partition coefficient (Wildman–Crippen LogP) is 4.19. The number of hydrogen-bond acceptors (Lipinski definition) is 4. The van der Waals surface area contributed by atoms with Crippen LogP contribution in [0.4, 0.5) is 4.39 Å². The molecule has 2 heterocycles. The second-order valence-corrected chi connectivity index (χ2v) is 8.65. The number of thioether (sulfide) groups is 1. The van der Waals surface area contributed by atoms with E-state index in [1.54, 1.807) is 6.07 Å². The summed E-state index contributed by atoms with van der Waals surface area (Å²) in [5.41, 5.74) is 5.30. The van der Waals surface area contributed by atoms with Gasteiger partial charge in [-0.3, -0.25) is 14.2 Å². The summed E-state index contributed by atoms with van der Waals surface area (Å²) in [6, 6.07) is 13.5. The molecule has 0 unspecified atom stereocenters. The lowest BCUT2D eigenvalue weighted by Crippen LogP contribution is -2.26. The zero-order valence-electron chi connectivity index (χ0n) is 18.0. The fraction of sp³-hybridized carbons (Fsp3) is 0.208. The molecule has 6 nitrogen and oxygen atoms in total. The molecule has 0 saturated heterocycles. The Labute approximate surface area is 188 Å². The smallest absolute Gasteiger partial charge is 0.283 e. The van der Waals surface area contributed by atoms with Crippen molar-refractivity contribution in [1.82, 2.24) is 19.9 Å². The third-order valence-corrected chi connectivity index (χ3v) is 6.17. The maximum absolute atomic E-state index is 13.4. The Kier molecular flexibility index (Phi) is 6.14. The number of aromatic amines is 1. The molecule has 164 valence electrons. The molecule has 0 fully saturated rings. The normalized spacial score (nSPS) is 11.1. The highest BCUT2D eigenvalue weighted by molar-refractivity contribution is 7.99. The van der Waals surface area contributed by atoms with Crippen molar-refractivity contribution in [2.24, 2.45) is 0 Å². The highest BCUT2D eigenvalue weighted by atomic mass is 32.2. The topological polar surface area (TPSA) is 79.8 Å². The summed E-state index contributed by atoms with van der Waals surface area (Å²) in [6.45, 7) is 6.35. The minimum Gasteiger partial charge on any atom is -0.353 e. The van der Waals surface area contributed by atoms with Crippen molar-refractivity contribution < 1.29 is 9.18 Å². The summed E-state index contributed by atoms with van der Waals surface area (Å²) in [4.78, 5) is 33.2. The van der Waals surface area contributed by atoms with E-state index in [0.29, 0.717) is 28.4 Å². The number of halogens is 1. The van der Waals surface area contributed by atoms with Gasteiger partial charge < -0.3 is 10.3 Å². The maximum Gasteiger partial charge on any atom is 0.283 e. The lowest BCUT2D eigenvalue weighted by Gasteiger charge is -2.12. The van der Waals surface area contributed by atoms with E-state index < -0.39 is 5.82 Å². The van der Waals surface area contributed by atoms with E-state index in [2.05, 4.69) is 21.4 Å². The van der Waals surface area contributed by atoms with Crippen molar-refractivity contribution in [1.29, 1.82) is 0 Å². The first-order chi connectivity index (χ1) is 15.3. The number of benzene rings is 2. The van der Waals surface area contributed by atoms with E-state index in [-0.39, 0.29) is 17.2 Å². The van der Waals surface area contributed by atoms with E-state index in [0.717, 1.165) is 11.3 Å². The molecule has 8 heteroatoms. The molecular formula is C24H23FN4O2S. The van der Waals surface area contributed by atoms with Crippen LogP contribution >= 0.6 is 11.8 Å². The molecular weight excluding hydrogens is 427 g/mol. The Morgan fingerprint density at radius 3 is 2.56 bits per heavy atom. The SMILES string of the molecule is Cc1cc2nc(SCC(=O)NCc3ccc(C)c(C)c3)n(-c3ccc(F)cc3)c(=O)c2[nH]1. The first-order valence-electron chi connectivity index (χ1n) is 10.2. The van der Waals surface area contributed by atoms with Gasteiger partial charge in [0.05, 0.1) is 17.0 Å². The number of aromatic nitrogens is 3. The van der Waals surface area contributed by atoms with Crippen LogP contribution in [0.15, 0.2) is 58.5 Å². The van der Waals surface area contributed by atoms with Gasteiger partial charge in [0.1, 0.15) is 11.3 Å². The fourth-order valence-electron chi connectivity index (χ4n) is 3.39. The number of fused-ring (bicyclic) bond motifs is 1. The van der Waals surface area contributed by atoms with Gasteiger partial charge in [-0.25, -0.2) is 9.37 Å². The van der Waals surface area contributed by atoms with Gasteiger partial charge in [0.15, 0.2) is 5.16 Å². The number of H-pyrrole nitrogens is 1. The van der Waals surface area contributed by atoms with Crippen LogP contribution in [-0.4, -0.2) is 26.2 Å². The van der Waals surface area contributed by atoms with Gasteiger partial charge in [-0.15, -0.1) is 0 Å². The van der Waals surface area contributed by atoms with Gasteiger partial charge in [-0.1, -0.05) is 30.0 Å². The lowest BCUT2D eigenvalue weighted by atomic mass is 10.1. The maximum atomic E-state index is 13.4. The van der Waals surface area contributed by atoms with E-state index in [4.69, 9.17) is 0 Å². The van der Waals surface area contributed by atoms with Crippen LogP contribution in [0.3, 0.4) is 0 Å². The molecule has 2 N–H and O–H groups in total. The monoisotopic (exact) mass is 450 g/mol. The Morgan fingerprint density at radius 1 is 1.09 bits per heavy atom. The van der Waals surface area contributed by atoms with Crippen molar-refractivity contribution >= 4 is 28.7 Å². The van der Waals surface area contributed by atoms with Gasteiger partial charge >= 0.3 is 0 Å². The van der Waals surface area contributed by atoms with E-state index >= 15 is 0 Å². The summed E-state index contributed by atoms with van der Waals surface area (Å²) >= 11 is 1.17. The zero-order chi connectivity index (χ0) is 22.8. The third-order valence-electron chi connectivity index (χ3n) is 5.23. The van der Waals surface area contributed by atoms with Crippen LogP contribution < -0.4 is 10.9 Å². The van der Waals surface area contributed by atoms with E-state index in [1.807, 2.05) is 32.9 Å². The van der Waals surface area contributed by atoms with Crippen LogP contribution in [0.5, 0.6) is 0 Å². The fourth-order valence-corrected chi connectivity index (χ4v) is 4.23. The van der Waals surface area contributed by atoms with Gasteiger partial charge in [0.25, 0.3) is 5.56 Å². The number of carbonyl (C=O) groups excluding carboxylic acids is 1. The average molecular weight is 451 g/mol. The highest BCUT2D eigenvalue weighted by Crippen LogP contribution is 2.22. The molecule has 0 saturated carbocycles. The van der Waals surface area contributed by atoms with Gasteiger partial charge in [0.2, 0.25) is 5.91 Å². The molecule has 4 rings (SSSR count). The largest absolute Gasteiger partial charge is 0.353 e.